The first-order valence-corrected chi connectivity index (χ1v) is 9.45. The van der Waals surface area contributed by atoms with Gasteiger partial charge in [-0.1, -0.05) is 42.5 Å². The molecule has 0 fully saturated rings. The Morgan fingerprint density at radius 3 is 2.39 bits per heavy atom. The Morgan fingerprint density at radius 1 is 0.968 bits per heavy atom. The molecular formula is C24H19N3O4. The van der Waals surface area contributed by atoms with Gasteiger partial charge in [-0.25, -0.2) is 4.99 Å². The fraction of sp³-hybridized carbons (Fsp3) is 0.0417. The van der Waals surface area contributed by atoms with Crippen LogP contribution in [-0.2, 0) is 4.79 Å². The van der Waals surface area contributed by atoms with Crippen molar-refractivity contribution in [3.05, 3.63) is 95.2 Å². The third-order valence-corrected chi connectivity index (χ3v) is 4.59. The number of aromatic hydroxyl groups is 2. The second-order valence-corrected chi connectivity index (χ2v) is 6.72. The van der Waals surface area contributed by atoms with E-state index in [0.29, 0.717) is 17.1 Å². The molecule has 0 saturated carbocycles. The van der Waals surface area contributed by atoms with Crippen LogP contribution < -0.4 is 4.74 Å². The predicted molar refractivity (Wildman–Crippen MR) is 118 cm³/mol. The second kappa shape index (κ2) is 8.54. The molecule has 0 bridgehead atoms. The highest BCUT2D eigenvalue weighted by Gasteiger charge is 2.31. The number of aliphatic imine (C=N–C) groups is 1. The van der Waals surface area contributed by atoms with Crippen LogP contribution in [0.25, 0.3) is 6.08 Å². The number of amidine groups is 1. The lowest BCUT2D eigenvalue weighted by Gasteiger charge is -2.12. The summed E-state index contributed by atoms with van der Waals surface area (Å²) in [5, 5.41) is 24.8. The molecule has 4 rings (SSSR count). The topological polar surface area (TPSA) is 94.7 Å². The highest BCUT2D eigenvalue weighted by Crippen LogP contribution is 2.26. The Hall–Kier alpha value is -4.39. The molecule has 1 amide bonds. The molecule has 0 atom stereocenters. The Morgan fingerprint density at radius 2 is 1.68 bits per heavy atom. The smallest absolute Gasteiger partial charge is 0.298 e. The standard InChI is InChI=1S/C24H19N3O4/c1-31-22-14-17(9-12-21(22)29)15-25-27-23(18-5-3-2-4-6-18)26-20(24(27)30)13-16-7-10-19(28)11-8-16/h2-15,28-29H,1H3/b20-13?,25-15+. The molecular weight excluding hydrogens is 394 g/mol. The van der Waals surface area contributed by atoms with E-state index in [0.717, 1.165) is 11.1 Å². The van der Waals surface area contributed by atoms with Crippen LogP contribution in [0.2, 0.25) is 0 Å². The average molecular weight is 413 g/mol. The quantitative estimate of drug-likeness (QED) is 0.492. The minimum absolute atomic E-state index is 0.0163. The van der Waals surface area contributed by atoms with Gasteiger partial charge in [-0.15, -0.1) is 0 Å². The number of carbonyl (C=O) groups is 1. The van der Waals surface area contributed by atoms with Crippen LogP contribution in [0, 0.1) is 0 Å². The van der Waals surface area contributed by atoms with E-state index in [4.69, 9.17) is 4.74 Å². The van der Waals surface area contributed by atoms with E-state index in [1.807, 2.05) is 30.3 Å². The summed E-state index contributed by atoms with van der Waals surface area (Å²) in [6, 6.07) is 20.5. The lowest BCUT2D eigenvalue weighted by molar-refractivity contribution is -0.122. The third kappa shape index (κ3) is 4.30. The molecule has 0 aromatic heterocycles. The number of methoxy groups -OCH3 is 1. The van der Waals surface area contributed by atoms with Crippen molar-refractivity contribution < 1.29 is 19.7 Å². The van der Waals surface area contributed by atoms with Crippen molar-refractivity contribution in [3.63, 3.8) is 0 Å². The Labute approximate surface area is 178 Å². The zero-order valence-electron chi connectivity index (χ0n) is 16.6. The van der Waals surface area contributed by atoms with Gasteiger partial charge in [0.1, 0.15) is 11.4 Å². The molecule has 1 aliphatic heterocycles. The Bertz CT molecular complexity index is 1200. The number of benzene rings is 3. The molecule has 31 heavy (non-hydrogen) atoms. The minimum atomic E-state index is -0.381. The maximum atomic E-state index is 13.1. The van der Waals surface area contributed by atoms with Crippen LogP contribution in [0.3, 0.4) is 0 Å². The van der Waals surface area contributed by atoms with Crippen molar-refractivity contribution in [2.24, 2.45) is 10.1 Å². The van der Waals surface area contributed by atoms with Crippen LogP contribution in [0.4, 0.5) is 0 Å². The number of carbonyl (C=O) groups excluding carboxylic acids is 1. The molecule has 0 aliphatic carbocycles. The fourth-order valence-electron chi connectivity index (χ4n) is 3.02. The molecule has 0 unspecified atom stereocenters. The van der Waals surface area contributed by atoms with E-state index in [-0.39, 0.29) is 23.1 Å². The third-order valence-electron chi connectivity index (χ3n) is 4.59. The largest absolute Gasteiger partial charge is 0.508 e. The van der Waals surface area contributed by atoms with Gasteiger partial charge in [0.05, 0.1) is 13.3 Å². The molecule has 2 N–H and O–H groups in total. The molecule has 1 heterocycles. The average Bonchev–Trinajstić information content (AvgIpc) is 3.10. The summed E-state index contributed by atoms with van der Waals surface area (Å²) in [7, 11) is 1.46. The van der Waals surface area contributed by atoms with E-state index >= 15 is 0 Å². The van der Waals surface area contributed by atoms with E-state index in [1.54, 1.807) is 42.5 Å². The predicted octanol–water partition coefficient (Wildman–Crippen LogP) is 3.77. The second-order valence-electron chi connectivity index (χ2n) is 6.72. The summed E-state index contributed by atoms with van der Waals surface area (Å²) in [6.45, 7) is 0. The summed E-state index contributed by atoms with van der Waals surface area (Å²) in [5.41, 5.74) is 2.34. The van der Waals surface area contributed by atoms with Crippen LogP contribution in [0.15, 0.2) is 88.6 Å². The van der Waals surface area contributed by atoms with E-state index in [2.05, 4.69) is 10.1 Å². The molecule has 154 valence electrons. The number of hydrogen-bond donors (Lipinski definition) is 2. The summed E-state index contributed by atoms with van der Waals surface area (Å²) in [6.07, 6.45) is 3.14. The van der Waals surface area contributed by atoms with Crippen LogP contribution in [0.1, 0.15) is 16.7 Å². The molecule has 3 aromatic rings. The first kappa shape index (κ1) is 19.9. The Kier molecular flexibility index (Phi) is 5.49. The molecule has 7 nitrogen and oxygen atoms in total. The van der Waals surface area contributed by atoms with Crippen molar-refractivity contribution in [1.82, 2.24) is 5.01 Å². The van der Waals surface area contributed by atoms with Crippen molar-refractivity contribution in [2.75, 3.05) is 7.11 Å². The van der Waals surface area contributed by atoms with E-state index in [9.17, 15) is 15.0 Å². The first-order valence-electron chi connectivity index (χ1n) is 9.45. The van der Waals surface area contributed by atoms with Gasteiger partial charge < -0.3 is 14.9 Å². The normalized spacial score (nSPS) is 15.0. The highest BCUT2D eigenvalue weighted by molar-refractivity contribution is 6.19. The van der Waals surface area contributed by atoms with Gasteiger partial charge in [0.2, 0.25) is 0 Å². The van der Waals surface area contributed by atoms with Crippen molar-refractivity contribution in [1.29, 1.82) is 0 Å². The Balaban J connectivity index is 1.71. The van der Waals surface area contributed by atoms with Gasteiger partial charge in [0.25, 0.3) is 5.91 Å². The number of phenols is 2. The SMILES string of the molecule is COc1cc(/C=N/N2C(=O)C(=Cc3ccc(O)cc3)N=C2c2ccccc2)ccc1O. The zero-order valence-corrected chi connectivity index (χ0v) is 16.6. The molecule has 7 heteroatoms. The summed E-state index contributed by atoms with van der Waals surface area (Å²) in [5.74, 6) is 0.486. The first-order chi connectivity index (χ1) is 15.0. The minimum Gasteiger partial charge on any atom is -0.508 e. The van der Waals surface area contributed by atoms with Crippen molar-refractivity contribution in [3.8, 4) is 17.2 Å². The van der Waals surface area contributed by atoms with Crippen molar-refractivity contribution in [2.45, 2.75) is 0 Å². The lowest BCUT2D eigenvalue weighted by Crippen LogP contribution is -2.27. The van der Waals surface area contributed by atoms with Crippen molar-refractivity contribution >= 4 is 24.0 Å². The van der Waals surface area contributed by atoms with Gasteiger partial charge in [-0.2, -0.15) is 10.1 Å². The van der Waals surface area contributed by atoms with Crippen LogP contribution >= 0.6 is 0 Å². The van der Waals surface area contributed by atoms with Crippen LogP contribution in [-0.4, -0.2) is 40.3 Å². The number of hydrazone groups is 1. The summed E-state index contributed by atoms with van der Waals surface area (Å²) < 4.78 is 5.12. The van der Waals surface area contributed by atoms with E-state index in [1.165, 1.54) is 24.4 Å². The molecule has 0 radical (unpaired) electrons. The molecule has 0 saturated heterocycles. The van der Waals surface area contributed by atoms with Crippen LogP contribution in [0.5, 0.6) is 17.2 Å². The van der Waals surface area contributed by atoms with Gasteiger partial charge in [0.15, 0.2) is 17.3 Å². The number of amides is 1. The summed E-state index contributed by atoms with van der Waals surface area (Å²) in [4.78, 5) is 17.6. The maximum Gasteiger partial charge on any atom is 0.298 e. The fourth-order valence-corrected chi connectivity index (χ4v) is 3.02. The van der Waals surface area contributed by atoms with Gasteiger partial charge >= 0.3 is 0 Å². The molecule has 3 aromatic carbocycles. The zero-order chi connectivity index (χ0) is 21.8. The lowest BCUT2D eigenvalue weighted by atomic mass is 10.2. The maximum absolute atomic E-state index is 13.1. The molecule has 1 aliphatic rings. The highest BCUT2D eigenvalue weighted by atomic mass is 16.5. The summed E-state index contributed by atoms with van der Waals surface area (Å²) >= 11 is 0. The van der Waals surface area contributed by atoms with Gasteiger partial charge in [0, 0.05) is 5.56 Å². The van der Waals surface area contributed by atoms with Gasteiger partial charge in [-0.3, -0.25) is 4.79 Å². The number of nitrogens with zero attached hydrogens (tertiary/aromatic N) is 3. The van der Waals surface area contributed by atoms with Gasteiger partial charge in [-0.05, 0) is 47.5 Å². The number of phenolic OH excluding ortho intramolecular Hbond substituents is 2. The van der Waals surface area contributed by atoms with E-state index < -0.39 is 0 Å². The number of ether oxygens (including phenoxy) is 1. The number of rotatable bonds is 5. The molecule has 0 spiro atoms. The number of hydrogen-bond acceptors (Lipinski definition) is 6. The monoisotopic (exact) mass is 413 g/mol.